The van der Waals surface area contributed by atoms with E-state index in [0.717, 1.165) is 22.2 Å². The molecule has 1 fully saturated rings. The highest BCUT2D eigenvalue weighted by molar-refractivity contribution is 8.18. The highest BCUT2D eigenvalue weighted by Gasteiger charge is 2.36. The number of nitrogens with zero attached hydrogens (tertiary/aromatic N) is 1. The monoisotopic (exact) mass is 496 g/mol. The van der Waals surface area contributed by atoms with E-state index in [0.29, 0.717) is 28.6 Å². The Bertz CT molecular complexity index is 1260. The first-order chi connectivity index (χ1) is 16.4. The lowest BCUT2D eigenvalue weighted by Gasteiger charge is -2.12. The van der Waals surface area contributed by atoms with Gasteiger partial charge in [-0.05, 0) is 77.5 Å². The summed E-state index contributed by atoms with van der Waals surface area (Å²) in [6, 6.07) is 19.6. The summed E-state index contributed by atoms with van der Waals surface area (Å²) >= 11 is 6.65. The van der Waals surface area contributed by atoms with Crippen molar-refractivity contribution in [2.75, 3.05) is 11.9 Å². The zero-order valence-electron chi connectivity index (χ0n) is 17.7. The number of rotatable bonds is 7. The second-order valence-corrected chi connectivity index (χ2v) is 8.74. The van der Waals surface area contributed by atoms with Crippen LogP contribution >= 0.6 is 23.4 Å². The number of hydrogen-bond acceptors (Lipinski definition) is 5. The Morgan fingerprint density at radius 1 is 1.06 bits per heavy atom. The van der Waals surface area contributed by atoms with Gasteiger partial charge in [0.05, 0.1) is 4.91 Å². The molecule has 1 heterocycles. The molecule has 0 atom stereocenters. The van der Waals surface area contributed by atoms with Crippen molar-refractivity contribution in [3.63, 3.8) is 0 Å². The molecule has 0 unspecified atom stereocenters. The largest absolute Gasteiger partial charge is 0.489 e. The van der Waals surface area contributed by atoms with Crippen LogP contribution in [0.2, 0.25) is 5.02 Å². The Balaban J connectivity index is 1.39. The molecular formula is C25H18ClFN2O4S. The number of anilines is 1. The van der Waals surface area contributed by atoms with Gasteiger partial charge in [-0.2, -0.15) is 0 Å². The van der Waals surface area contributed by atoms with E-state index >= 15 is 0 Å². The van der Waals surface area contributed by atoms with Crippen molar-refractivity contribution in [3.8, 4) is 5.75 Å². The standard InChI is InChI=1S/C25H18ClFN2O4S/c26-18-6-4-16(5-7-18)15-33-21-3-1-2-17(12-21)13-22-24(31)29(25(32)34-22)14-23(30)28-20-10-8-19(27)9-11-20/h1-13H,14-15H2,(H,28,30)/b22-13+. The summed E-state index contributed by atoms with van der Waals surface area (Å²) in [6.07, 6.45) is 1.58. The minimum atomic E-state index is -0.562. The zero-order chi connectivity index (χ0) is 24.1. The Morgan fingerprint density at radius 3 is 2.53 bits per heavy atom. The number of thioether (sulfide) groups is 1. The fourth-order valence-corrected chi connectivity index (χ4v) is 4.07. The Morgan fingerprint density at radius 2 is 1.79 bits per heavy atom. The number of halogens is 2. The first kappa shape index (κ1) is 23.5. The van der Waals surface area contributed by atoms with E-state index < -0.39 is 29.4 Å². The topological polar surface area (TPSA) is 75.7 Å². The van der Waals surface area contributed by atoms with Crippen LogP contribution in [0.3, 0.4) is 0 Å². The van der Waals surface area contributed by atoms with Crippen molar-refractivity contribution in [2.45, 2.75) is 6.61 Å². The highest BCUT2D eigenvalue weighted by atomic mass is 35.5. The van der Waals surface area contributed by atoms with Crippen LogP contribution in [0, 0.1) is 5.82 Å². The molecule has 172 valence electrons. The predicted molar refractivity (Wildman–Crippen MR) is 130 cm³/mol. The van der Waals surface area contributed by atoms with Gasteiger partial charge in [-0.15, -0.1) is 0 Å². The summed E-state index contributed by atoms with van der Waals surface area (Å²) in [6.45, 7) is -0.0933. The summed E-state index contributed by atoms with van der Waals surface area (Å²) in [7, 11) is 0. The third-order valence-electron chi connectivity index (χ3n) is 4.78. The summed E-state index contributed by atoms with van der Waals surface area (Å²) < 4.78 is 18.8. The van der Waals surface area contributed by atoms with Crippen LogP contribution in [0.4, 0.5) is 14.9 Å². The average molecular weight is 497 g/mol. The summed E-state index contributed by atoms with van der Waals surface area (Å²) in [5.41, 5.74) is 1.99. The predicted octanol–water partition coefficient (Wildman–Crippen LogP) is 5.73. The van der Waals surface area contributed by atoms with E-state index in [9.17, 15) is 18.8 Å². The summed E-state index contributed by atoms with van der Waals surface area (Å²) in [5.74, 6) is -0.959. The molecule has 3 aromatic rings. The fraction of sp³-hybridized carbons (Fsp3) is 0.0800. The Labute approximate surface area is 204 Å². The molecule has 6 nitrogen and oxygen atoms in total. The highest BCUT2D eigenvalue weighted by Crippen LogP contribution is 2.32. The van der Waals surface area contributed by atoms with E-state index in [4.69, 9.17) is 16.3 Å². The third-order valence-corrected chi connectivity index (χ3v) is 5.94. The van der Waals surface area contributed by atoms with Crippen molar-refractivity contribution in [2.24, 2.45) is 0 Å². The van der Waals surface area contributed by atoms with Gasteiger partial charge in [-0.25, -0.2) is 4.39 Å². The van der Waals surface area contributed by atoms with Crippen molar-refractivity contribution >= 4 is 52.2 Å². The molecule has 1 N–H and O–H groups in total. The molecule has 4 rings (SSSR count). The molecule has 1 aliphatic rings. The van der Waals surface area contributed by atoms with Gasteiger partial charge in [0.1, 0.15) is 24.7 Å². The maximum atomic E-state index is 13.0. The molecule has 0 aliphatic carbocycles. The molecule has 1 aliphatic heterocycles. The number of hydrogen-bond donors (Lipinski definition) is 1. The number of ether oxygens (including phenoxy) is 1. The minimum absolute atomic E-state index is 0.203. The number of carbonyl (C=O) groups is 3. The molecule has 9 heteroatoms. The van der Waals surface area contributed by atoms with Gasteiger partial charge in [-0.3, -0.25) is 19.3 Å². The van der Waals surface area contributed by atoms with Crippen LogP contribution in [-0.4, -0.2) is 28.5 Å². The Kier molecular flexibility index (Phi) is 7.30. The number of imide groups is 1. The van der Waals surface area contributed by atoms with Crippen molar-refractivity contribution in [1.29, 1.82) is 0 Å². The smallest absolute Gasteiger partial charge is 0.294 e. The van der Waals surface area contributed by atoms with E-state index in [-0.39, 0.29) is 4.91 Å². The van der Waals surface area contributed by atoms with E-state index in [1.54, 1.807) is 42.5 Å². The molecule has 3 amide bonds. The van der Waals surface area contributed by atoms with Crippen LogP contribution < -0.4 is 10.1 Å². The number of carbonyl (C=O) groups excluding carboxylic acids is 3. The van der Waals surface area contributed by atoms with Crippen LogP contribution in [0.5, 0.6) is 5.75 Å². The van der Waals surface area contributed by atoms with Gasteiger partial charge >= 0.3 is 0 Å². The quantitative estimate of drug-likeness (QED) is 0.422. The fourth-order valence-electron chi connectivity index (χ4n) is 3.11. The van der Waals surface area contributed by atoms with Gasteiger partial charge in [0.2, 0.25) is 5.91 Å². The molecule has 0 saturated carbocycles. The van der Waals surface area contributed by atoms with Crippen LogP contribution in [0.15, 0.2) is 77.7 Å². The Hall–Kier alpha value is -3.62. The maximum Gasteiger partial charge on any atom is 0.294 e. The molecular weight excluding hydrogens is 479 g/mol. The molecule has 0 spiro atoms. The maximum absolute atomic E-state index is 13.0. The van der Waals surface area contributed by atoms with Gasteiger partial charge in [0, 0.05) is 10.7 Å². The number of benzene rings is 3. The van der Waals surface area contributed by atoms with Crippen molar-refractivity contribution in [3.05, 3.63) is 99.7 Å². The van der Waals surface area contributed by atoms with Gasteiger partial charge in [0.15, 0.2) is 0 Å². The van der Waals surface area contributed by atoms with E-state index in [1.807, 2.05) is 12.1 Å². The third kappa shape index (κ3) is 6.03. The van der Waals surface area contributed by atoms with Gasteiger partial charge in [-0.1, -0.05) is 35.9 Å². The first-order valence-electron chi connectivity index (χ1n) is 10.2. The molecule has 0 bridgehead atoms. The normalized spacial score (nSPS) is 14.5. The second-order valence-electron chi connectivity index (χ2n) is 7.31. The molecule has 3 aromatic carbocycles. The lowest BCUT2D eigenvalue weighted by atomic mass is 10.2. The van der Waals surface area contributed by atoms with Crippen LogP contribution in [0.25, 0.3) is 6.08 Å². The van der Waals surface area contributed by atoms with Gasteiger partial charge in [0.25, 0.3) is 11.1 Å². The number of nitrogens with one attached hydrogen (secondary N) is 1. The molecule has 0 aromatic heterocycles. The summed E-state index contributed by atoms with van der Waals surface area (Å²) in [5, 5.41) is 2.64. The van der Waals surface area contributed by atoms with Crippen molar-refractivity contribution < 1.29 is 23.5 Å². The second kappa shape index (κ2) is 10.5. The first-order valence-corrected chi connectivity index (χ1v) is 11.3. The van der Waals surface area contributed by atoms with Crippen molar-refractivity contribution in [1.82, 2.24) is 4.90 Å². The van der Waals surface area contributed by atoms with Crippen LogP contribution in [-0.2, 0) is 16.2 Å². The minimum Gasteiger partial charge on any atom is -0.489 e. The molecule has 34 heavy (non-hydrogen) atoms. The molecule has 1 saturated heterocycles. The van der Waals surface area contributed by atoms with Crippen LogP contribution in [0.1, 0.15) is 11.1 Å². The molecule has 0 radical (unpaired) electrons. The number of amides is 3. The zero-order valence-corrected chi connectivity index (χ0v) is 19.2. The lowest BCUT2D eigenvalue weighted by molar-refractivity contribution is -0.127. The van der Waals surface area contributed by atoms with E-state index in [2.05, 4.69) is 5.32 Å². The average Bonchev–Trinajstić information content (AvgIpc) is 3.08. The SMILES string of the molecule is O=C(CN1C(=O)S/C(=C/c2cccc(OCc3ccc(Cl)cc3)c2)C1=O)Nc1ccc(F)cc1. The lowest BCUT2D eigenvalue weighted by Crippen LogP contribution is -2.36. The summed E-state index contributed by atoms with van der Waals surface area (Å²) in [4.78, 5) is 38.4. The van der Waals surface area contributed by atoms with E-state index in [1.165, 1.54) is 24.3 Å². The van der Waals surface area contributed by atoms with Gasteiger partial charge < -0.3 is 10.1 Å².